The molecule has 4 aromatic rings. The Hall–Kier alpha value is -4.57. The van der Waals surface area contributed by atoms with Crippen LogP contribution in [0.25, 0.3) is 0 Å². The Morgan fingerprint density at radius 3 is 1.67 bits per heavy atom. The molecule has 4 aromatic carbocycles. The zero-order valence-electron chi connectivity index (χ0n) is 32.3. The molecule has 0 amide bonds. The zero-order chi connectivity index (χ0) is 40.5. The monoisotopic (exact) mass is 796 g/mol. The Labute approximate surface area is 339 Å². The predicted octanol–water partition coefficient (Wildman–Crippen LogP) is 5.56. The third-order valence-corrected chi connectivity index (χ3v) is 9.66. The number of aliphatic hydroxyl groups excluding tert-OH is 2. The molecule has 0 aliphatic carbocycles. The molecule has 2 aliphatic heterocycles. The molecule has 0 saturated carbocycles. The Kier molecular flexibility index (Phi) is 16.7. The van der Waals surface area contributed by atoms with E-state index in [0.717, 1.165) is 16.7 Å². The van der Waals surface area contributed by atoms with Crippen LogP contribution in [0.1, 0.15) is 27.0 Å². The number of carbonyl (C=O) groups excluding carboxylic acids is 1. The van der Waals surface area contributed by atoms with Crippen LogP contribution in [0.15, 0.2) is 147 Å². The molecule has 2 N–H and O–H groups in total. The molecule has 0 radical (unpaired) electrons. The third-order valence-electron chi connectivity index (χ3n) is 9.66. The molecule has 2 fully saturated rings. The van der Waals surface area contributed by atoms with E-state index in [1.54, 1.807) is 36.4 Å². The fourth-order valence-corrected chi connectivity index (χ4v) is 6.80. The van der Waals surface area contributed by atoms with Crippen LogP contribution in [-0.4, -0.2) is 104 Å². The maximum atomic E-state index is 14.0. The minimum atomic E-state index is -1.62. The van der Waals surface area contributed by atoms with E-state index in [1.165, 1.54) is 6.08 Å². The number of benzene rings is 4. The maximum Gasteiger partial charge on any atom is 0.338 e. The Morgan fingerprint density at radius 1 is 0.569 bits per heavy atom. The number of aliphatic hydroxyl groups is 2. The number of ether oxygens (including phenoxy) is 9. The van der Waals surface area contributed by atoms with E-state index in [0.29, 0.717) is 5.56 Å². The van der Waals surface area contributed by atoms with Crippen LogP contribution in [0.2, 0.25) is 0 Å². The Morgan fingerprint density at radius 2 is 1.09 bits per heavy atom. The highest BCUT2D eigenvalue weighted by molar-refractivity contribution is 5.89. The summed E-state index contributed by atoms with van der Waals surface area (Å²) in [6.45, 7) is 8.19. The van der Waals surface area contributed by atoms with Gasteiger partial charge in [0, 0.05) is 0 Å². The smallest absolute Gasteiger partial charge is 0.338 e. The van der Waals surface area contributed by atoms with Crippen LogP contribution in [-0.2, 0) is 62.5 Å². The summed E-state index contributed by atoms with van der Waals surface area (Å²) in [5.41, 5.74) is 3.02. The molecule has 10 atom stereocenters. The van der Waals surface area contributed by atoms with Gasteiger partial charge in [-0.2, -0.15) is 0 Å². The second-order valence-electron chi connectivity index (χ2n) is 13.9. The second-order valence-corrected chi connectivity index (χ2v) is 13.9. The minimum Gasteiger partial charge on any atom is -0.450 e. The van der Waals surface area contributed by atoms with Gasteiger partial charge in [0.25, 0.3) is 0 Å². The highest BCUT2D eigenvalue weighted by Crippen LogP contribution is 2.35. The highest BCUT2D eigenvalue weighted by atomic mass is 16.8. The first-order valence-corrected chi connectivity index (χ1v) is 19.4. The van der Waals surface area contributed by atoms with Crippen molar-refractivity contribution in [3.8, 4) is 0 Å². The molecule has 2 heterocycles. The highest BCUT2D eigenvalue weighted by Gasteiger charge is 2.54. The normalized spacial score (nSPS) is 27.1. The van der Waals surface area contributed by atoms with Crippen molar-refractivity contribution < 1.29 is 57.6 Å². The molecule has 12 nitrogen and oxygen atoms in total. The molecule has 0 spiro atoms. The van der Waals surface area contributed by atoms with E-state index in [4.69, 9.17) is 42.6 Å². The van der Waals surface area contributed by atoms with E-state index in [-0.39, 0.29) is 46.2 Å². The van der Waals surface area contributed by atoms with Crippen molar-refractivity contribution in [3.05, 3.63) is 169 Å². The maximum absolute atomic E-state index is 14.0. The average molecular weight is 797 g/mol. The molecule has 12 heteroatoms. The fourth-order valence-electron chi connectivity index (χ4n) is 6.80. The van der Waals surface area contributed by atoms with Crippen molar-refractivity contribution in [1.82, 2.24) is 0 Å². The molecule has 2 saturated heterocycles. The minimum absolute atomic E-state index is 0.0145. The van der Waals surface area contributed by atoms with Crippen LogP contribution in [0, 0.1) is 0 Å². The first-order chi connectivity index (χ1) is 28.4. The van der Waals surface area contributed by atoms with Gasteiger partial charge < -0.3 is 52.8 Å². The lowest BCUT2D eigenvalue weighted by atomic mass is 9.96. The molecule has 58 heavy (non-hydrogen) atoms. The number of rotatable bonds is 21. The molecule has 0 aromatic heterocycles. The van der Waals surface area contributed by atoms with E-state index >= 15 is 0 Å². The summed E-state index contributed by atoms with van der Waals surface area (Å²) in [6, 6.07) is 37.5. The molecule has 0 bridgehead atoms. The van der Waals surface area contributed by atoms with Gasteiger partial charge in [-0.1, -0.05) is 121 Å². The number of esters is 1. The quantitative estimate of drug-likeness (QED) is 0.0620. The summed E-state index contributed by atoms with van der Waals surface area (Å²) in [6.07, 6.45) is -8.67. The van der Waals surface area contributed by atoms with Gasteiger partial charge in [0.05, 0.1) is 51.8 Å². The van der Waals surface area contributed by atoms with E-state index in [1.807, 2.05) is 91.0 Å². The average Bonchev–Trinajstić information content (AvgIpc) is 3.26. The second kappa shape index (κ2) is 22.5. The largest absolute Gasteiger partial charge is 0.450 e. The van der Waals surface area contributed by atoms with Crippen molar-refractivity contribution in [3.63, 3.8) is 0 Å². The molecular formula is C46H52O12. The van der Waals surface area contributed by atoms with Crippen molar-refractivity contribution in [1.29, 1.82) is 0 Å². The third kappa shape index (κ3) is 12.0. The van der Waals surface area contributed by atoms with Crippen LogP contribution in [0.3, 0.4) is 0 Å². The zero-order valence-corrected chi connectivity index (χ0v) is 32.3. The van der Waals surface area contributed by atoms with Crippen molar-refractivity contribution in [2.45, 2.75) is 81.2 Å². The number of carbonyl (C=O) groups is 1. The summed E-state index contributed by atoms with van der Waals surface area (Å²) >= 11 is 0. The van der Waals surface area contributed by atoms with Gasteiger partial charge in [0.1, 0.15) is 42.7 Å². The SMILES string of the molecule is C=CCOCC1OC(O)C(O)C(OCC=C)C1OC1OC(COCc2ccccc2)C(OCc2ccccc2)C(OCc2ccccc2)C1OC(=O)c1ccccc1. The fraction of sp³-hybridized carbons (Fsp3) is 0.370. The first-order valence-electron chi connectivity index (χ1n) is 19.4. The standard InChI is InChI=1S/C46H52O12/c1-3-25-50-30-37-40(41(52-26-4-2)38(47)45(49)55-37)58-46-43(57-44(48)35-23-15-8-16-24-35)42(54-29-34-21-13-7-14-22-34)39(53-28-33-19-11-6-12-20-33)36(56-46)31-51-27-32-17-9-5-10-18-32/h3-24,36-43,45-47,49H,1-2,25-31H2. The van der Waals surface area contributed by atoms with Crippen molar-refractivity contribution in [2.24, 2.45) is 0 Å². The summed E-state index contributed by atoms with van der Waals surface area (Å²) < 4.78 is 57.3. The van der Waals surface area contributed by atoms with Gasteiger partial charge in [-0.25, -0.2) is 4.79 Å². The summed E-state index contributed by atoms with van der Waals surface area (Å²) in [4.78, 5) is 14.0. The topological polar surface area (TPSA) is 141 Å². The van der Waals surface area contributed by atoms with Crippen LogP contribution >= 0.6 is 0 Å². The van der Waals surface area contributed by atoms with Gasteiger partial charge in [-0.3, -0.25) is 0 Å². The van der Waals surface area contributed by atoms with Crippen LogP contribution in [0.4, 0.5) is 0 Å². The number of hydrogen-bond acceptors (Lipinski definition) is 12. The summed E-state index contributed by atoms with van der Waals surface area (Å²) in [7, 11) is 0. The van der Waals surface area contributed by atoms with Gasteiger partial charge in [0.2, 0.25) is 0 Å². The summed E-state index contributed by atoms with van der Waals surface area (Å²) in [5.74, 6) is -0.655. The lowest BCUT2D eigenvalue weighted by Crippen LogP contribution is -2.66. The van der Waals surface area contributed by atoms with Crippen LogP contribution in [0.5, 0.6) is 0 Å². The summed E-state index contributed by atoms with van der Waals surface area (Å²) in [5, 5.41) is 22.0. The molecule has 6 rings (SSSR count). The van der Waals surface area contributed by atoms with Gasteiger partial charge >= 0.3 is 5.97 Å². The van der Waals surface area contributed by atoms with Gasteiger partial charge in [-0.15, -0.1) is 13.2 Å². The molecule has 308 valence electrons. The van der Waals surface area contributed by atoms with Gasteiger partial charge in [-0.05, 0) is 28.8 Å². The first kappa shape index (κ1) is 43.0. The molecule has 10 unspecified atom stereocenters. The van der Waals surface area contributed by atoms with E-state index in [2.05, 4.69) is 13.2 Å². The number of hydrogen-bond donors (Lipinski definition) is 2. The van der Waals surface area contributed by atoms with Crippen molar-refractivity contribution >= 4 is 5.97 Å². The lowest BCUT2D eigenvalue weighted by molar-refractivity contribution is -0.364. The Bertz CT molecular complexity index is 1800. The van der Waals surface area contributed by atoms with Crippen molar-refractivity contribution in [2.75, 3.05) is 26.4 Å². The molecule has 2 aliphatic rings. The van der Waals surface area contributed by atoms with E-state index < -0.39 is 67.4 Å². The van der Waals surface area contributed by atoms with E-state index in [9.17, 15) is 15.0 Å². The van der Waals surface area contributed by atoms with Crippen LogP contribution < -0.4 is 0 Å². The van der Waals surface area contributed by atoms with Gasteiger partial charge in [0.15, 0.2) is 18.7 Å². The Balaban J connectivity index is 1.40. The predicted molar refractivity (Wildman–Crippen MR) is 213 cm³/mol. The molecular weight excluding hydrogens is 744 g/mol. The lowest BCUT2D eigenvalue weighted by Gasteiger charge is -2.49.